The van der Waals surface area contributed by atoms with Gasteiger partial charge in [0.05, 0.1) is 5.41 Å². The molecule has 1 aromatic rings. The highest BCUT2D eigenvalue weighted by Crippen LogP contribution is 2.33. The Balaban J connectivity index is 2.99. The van der Waals surface area contributed by atoms with Crippen LogP contribution in [0.2, 0.25) is 0 Å². The van der Waals surface area contributed by atoms with E-state index in [1.54, 1.807) is 0 Å². The second-order valence-corrected chi connectivity index (χ2v) is 4.51. The molecule has 0 aromatic heterocycles. The van der Waals surface area contributed by atoms with Crippen LogP contribution < -0.4 is 0 Å². The molecule has 96 valence electrons. The third kappa shape index (κ3) is 3.01. The van der Waals surface area contributed by atoms with E-state index in [9.17, 15) is 4.79 Å². The molecule has 0 atom stereocenters. The van der Waals surface area contributed by atoms with E-state index in [4.69, 9.17) is 0 Å². The number of rotatable bonds is 6. The molecule has 18 heavy (non-hydrogen) atoms. The fourth-order valence-electron chi connectivity index (χ4n) is 2.51. The van der Waals surface area contributed by atoms with E-state index in [1.165, 1.54) is 0 Å². The van der Waals surface area contributed by atoms with Crippen molar-refractivity contribution in [1.82, 2.24) is 0 Å². The van der Waals surface area contributed by atoms with Crippen LogP contribution in [0.25, 0.3) is 0 Å². The predicted octanol–water partition coefficient (Wildman–Crippen LogP) is 4.12. The number of hydrogen-bond acceptors (Lipinski definition) is 1. The van der Waals surface area contributed by atoms with Crippen LogP contribution in [-0.2, 0) is 10.2 Å². The Hall–Kier alpha value is -1.55. The summed E-state index contributed by atoms with van der Waals surface area (Å²) in [4.78, 5) is 12.5. The van der Waals surface area contributed by atoms with Crippen LogP contribution in [0.1, 0.15) is 52.0 Å². The summed E-state index contributed by atoms with van der Waals surface area (Å²) in [7, 11) is 0. The molecule has 0 saturated carbocycles. The average molecular weight is 242 g/mol. The maximum Gasteiger partial charge on any atom is 0.144 e. The lowest BCUT2D eigenvalue weighted by Crippen LogP contribution is -2.34. The fraction of sp³-hybridized carbons (Fsp3) is 0.471. The van der Waals surface area contributed by atoms with E-state index >= 15 is 0 Å². The molecule has 0 aliphatic rings. The van der Waals surface area contributed by atoms with E-state index in [1.807, 2.05) is 25.1 Å². The van der Waals surface area contributed by atoms with Gasteiger partial charge in [0.15, 0.2) is 0 Å². The average Bonchev–Trinajstić information content (AvgIpc) is 2.42. The first-order valence-corrected chi connectivity index (χ1v) is 6.69. The van der Waals surface area contributed by atoms with Gasteiger partial charge >= 0.3 is 0 Å². The second-order valence-electron chi connectivity index (χ2n) is 4.51. The maximum atomic E-state index is 12.5. The van der Waals surface area contributed by atoms with E-state index in [0.717, 1.165) is 18.4 Å². The zero-order valence-electron chi connectivity index (χ0n) is 11.6. The van der Waals surface area contributed by atoms with Crippen molar-refractivity contribution in [2.24, 2.45) is 0 Å². The largest absolute Gasteiger partial charge is 0.299 e. The lowest BCUT2D eigenvalue weighted by molar-refractivity contribution is -0.124. The standard InChI is InChI=1S/C17H22O/c1-4-7-9-14-16(18)17(5-2,6-3)15-12-10-8-11-13-15/h8,10-13H,5-6,9,14H2,1-3H3. The van der Waals surface area contributed by atoms with Gasteiger partial charge < -0.3 is 0 Å². The van der Waals surface area contributed by atoms with Gasteiger partial charge in [-0.1, -0.05) is 44.2 Å². The molecule has 0 amide bonds. The van der Waals surface area contributed by atoms with Crippen molar-refractivity contribution in [3.8, 4) is 11.8 Å². The molecule has 1 heteroatoms. The van der Waals surface area contributed by atoms with Crippen LogP contribution in [-0.4, -0.2) is 5.78 Å². The number of hydrogen-bond donors (Lipinski definition) is 0. The molecule has 0 fully saturated rings. The summed E-state index contributed by atoms with van der Waals surface area (Å²) in [6.07, 6.45) is 2.93. The van der Waals surface area contributed by atoms with Crippen molar-refractivity contribution in [2.45, 2.75) is 51.9 Å². The molecule has 0 aliphatic carbocycles. The Bertz CT molecular complexity index is 430. The Morgan fingerprint density at radius 1 is 1.17 bits per heavy atom. The van der Waals surface area contributed by atoms with Gasteiger partial charge in [0, 0.05) is 12.8 Å². The number of carbonyl (C=O) groups excluding carboxylic acids is 1. The number of Topliss-reactive ketones (excluding diaryl/α,β-unsaturated/α-hetero) is 1. The molecule has 0 aliphatic heterocycles. The topological polar surface area (TPSA) is 17.1 Å². The molecule has 0 bridgehead atoms. The van der Waals surface area contributed by atoms with Gasteiger partial charge in [-0.3, -0.25) is 4.79 Å². The highest BCUT2D eigenvalue weighted by Gasteiger charge is 2.35. The highest BCUT2D eigenvalue weighted by atomic mass is 16.1. The SMILES string of the molecule is CC#CCCC(=O)C(CC)(CC)c1ccccc1. The molecule has 0 heterocycles. The third-order valence-electron chi connectivity index (χ3n) is 3.72. The lowest BCUT2D eigenvalue weighted by Gasteiger charge is -2.30. The van der Waals surface area contributed by atoms with E-state index in [0.29, 0.717) is 18.6 Å². The first kappa shape index (κ1) is 14.5. The Labute approximate surface area is 111 Å². The fourth-order valence-corrected chi connectivity index (χ4v) is 2.51. The highest BCUT2D eigenvalue weighted by molar-refractivity contribution is 5.90. The molecule has 0 unspecified atom stereocenters. The van der Waals surface area contributed by atoms with Gasteiger partial charge in [-0.05, 0) is 25.3 Å². The van der Waals surface area contributed by atoms with Crippen LogP contribution in [0.5, 0.6) is 0 Å². The van der Waals surface area contributed by atoms with E-state index < -0.39 is 0 Å². The van der Waals surface area contributed by atoms with E-state index in [-0.39, 0.29) is 5.41 Å². The van der Waals surface area contributed by atoms with Gasteiger partial charge in [0.2, 0.25) is 0 Å². The third-order valence-corrected chi connectivity index (χ3v) is 3.72. The zero-order valence-corrected chi connectivity index (χ0v) is 11.6. The predicted molar refractivity (Wildman–Crippen MR) is 76.4 cm³/mol. The normalized spacial score (nSPS) is 10.6. The van der Waals surface area contributed by atoms with Crippen LogP contribution in [0.3, 0.4) is 0 Å². The van der Waals surface area contributed by atoms with Crippen molar-refractivity contribution in [3.63, 3.8) is 0 Å². The molecular formula is C17H22O. The van der Waals surface area contributed by atoms with Crippen LogP contribution >= 0.6 is 0 Å². The van der Waals surface area contributed by atoms with Gasteiger partial charge in [-0.25, -0.2) is 0 Å². The van der Waals surface area contributed by atoms with Gasteiger partial charge in [-0.15, -0.1) is 11.8 Å². The Morgan fingerprint density at radius 3 is 2.28 bits per heavy atom. The summed E-state index contributed by atoms with van der Waals surface area (Å²) in [6.45, 7) is 6.01. The summed E-state index contributed by atoms with van der Waals surface area (Å²) in [5.74, 6) is 6.15. The summed E-state index contributed by atoms with van der Waals surface area (Å²) in [6, 6.07) is 10.1. The summed E-state index contributed by atoms with van der Waals surface area (Å²) >= 11 is 0. The molecule has 0 radical (unpaired) electrons. The minimum Gasteiger partial charge on any atom is -0.299 e. The molecule has 0 N–H and O–H groups in total. The van der Waals surface area contributed by atoms with Crippen molar-refractivity contribution in [2.75, 3.05) is 0 Å². The monoisotopic (exact) mass is 242 g/mol. The summed E-state index contributed by atoms with van der Waals surface area (Å²) < 4.78 is 0. The smallest absolute Gasteiger partial charge is 0.144 e. The van der Waals surface area contributed by atoms with Crippen molar-refractivity contribution in [1.29, 1.82) is 0 Å². The molecular weight excluding hydrogens is 220 g/mol. The second kappa shape index (κ2) is 7.01. The summed E-state index contributed by atoms with van der Waals surface area (Å²) in [5, 5.41) is 0. The number of ketones is 1. The van der Waals surface area contributed by atoms with Crippen LogP contribution in [0, 0.1) is 11.8 Å². The van der Waals surface area contributed by atoms with Crippen LogP contribution in [0.4, 0.5) is 0 Å². The van der Waals surface area contributed by atoms with Gasteiger partial charge in [-0.2, -0.15) is 0 Å². The first-order chi connectivity index (χ1) is 8.71. The van der Waals surface area contributed by atoms with Crippen LogP contribution in [0.15, 0.2) is 30.3 Å². The van der Waals surface area contributed by atoms with Gasteiger partial charge in [0.25, 0.3) is 0 Å². The van der Waals surface area contributed by atoms with Crippen molar-refractivity contribution >= 4 is 5.78 Å². The minimum absolute atomic E-state index is 0.321. The summed E-state index contributed by atoms with van der Waals surface area (Å²) in [5.41, 5.74) is 0.820. The quantitative estimate of drug-likeness (QED) is 0.686. The van der Waals surface area contributed by atoms with E-state index in [2.05, 4.69) is 37.8 Å². The molecule has 0 spiro atoms. The number of carbonyl (C=O) groups is 1. The molecule has 1 nitrogen and oxygen atoms in total. The Morgan fingerprint density at radius 2 is 1.78 bits per heavy atom. The van der Waals surface area contributed by atoms with Crippen molar-refractivity contribution < 1.29 is 4.79 Å². The van der Waals surface area contributed by atoms with Crippen molar-refractivity contribution in [3.05, 3.63) is 35.9 Å². The molecule has 0 saturated heterocycles. The lowest BCUT2D eigenvalue weighted by atomic mass is 9.71. The Kier molecular flexibility index (Phi) is 5.65. The first-order valence-electron chi connectivity index (χ1n) is 6.69. The maximum absolute atomic E-state index is 12.5. The number of benzene rings is 1. The molecule has 1 aromatic carbocycles. The molecule has 1 rings (SSSR count). The zero-order chi connectivity index (χ0) is 13.4. The minimum atomic E-state index is -0.323. The van der Waals surface area contributed by atoms with Gasteiger partial charge in [0.1, 0.15) is 5.78 Å².